The first kappa shape index (κ1) is 15.5. The van der Waals surface area contributed by atoms with Crippen molar-refractivity contribution in [3.8, 4) is 0 Å². The number of benzene rings is 1. The van der Waals surface area contributed by atoms with Gasteiger partial charge in [-0.1, -0.05) is 35.0 Å². The highest BCUT2D eigenvalue weighted by atomic mass is 79.9. The minimum absolute atomic E-state index is 0.362. The van der Waals surface area contributed by atoms with Crippen molar-refractivity contribution in [3.63, 3.8) is 0 Å². The smallest absolute Gasteiger partial charge is 0.394 e. The zero-order valence-electron chi connectivity index (χ0n) is 9.89. The first-order valence-electron chi connectivity index (χ1n) is 5.51. The molecule has 2 nitrogen and oxygen atoms in total. The highest BCUT2D eigenvalue weighted by molar-refractivity contribution is 9.10. The summed E-state index contributed by atoms with van der Waals surface area (Å²) in [4.78, 5) is 0. The Morgan fingerprint density at radius 1 is 1.22 bits per heavy atom. The normalized spacial score (nSPS) is 15.4. The largest absolute Gasteiger partial charge is 0.401 e. The lowest BCUT2D eigenvalue weighted by atomic mass is 9.88. The van der Waals surface area contributed by atoms with Crippen molar-refractivity contribution in [1.29, 1.82) is 0 Å². The van der Waals surface area contributed by atoms with Gasteiger partial charge in [0, 0.05) is 4.47 Å². The van der Waals surface area contributed by atoms with E-state index in [-0.39, 0.29) is 6.61 Å². The Morgan fingerprint density at radius 3 is 2.17 bits per heavy atom. The molecule has 0 radical (unpaired) electrons. The summed E-state index contributed by atoms with van der Waals surface area (Å²) in [6, 6.07) is 6.88. The lowest BCUT2D eigenvalue weighted by molar-refractivity contribution is -0.130. The molecule has 0 spiro atoms. The minimum atomic E-state index is -4.30. The van der Waals surface area contributed by atoms with Gasteiger partial charge in [0.1, 0.15) is 0 Å². The van der Waals surface area contributed by atoms with Crippen LogP contribution in [-0.2, 0) is 5.54 Å². The molecular weight excluding hydrogens is 311 g/mol. The summed E-state index contributed by atoms with van der Waals surface area (Å²) in [6.45, 7) is 0.223. The van der Waals surface area contributed by atoms with Gasteiger partial charge in [0.05, 0.1) is 18.7 Å². The summed E-state index contributed by atoms with van der Waals surface area (Å²) in [5.74, 6) is 0. The molecule has 1 unspecified atom stereocenters. The van der Waals surface area contributed by atoms with Crippen LogP contribution in [0.4, 0.5) is 13.2 Å². The molecule has 1 atom stereocenters. The number of aliphatic hydroxyl groups is 1. The quantitative estimate of drug-likeness (QED) is 0.871. The summed E-state index contributed by atoms with van der Waals surface area (Å²) < 4.78 is 37.7. The zero-order chi connectivity index (χ0) is 13.8. The van der Waals surface area contributed by atoms with E-state index in [0.29, 0.717) is 12.0 Å². The Balaban J connectivity index is 2.95. The van der Waals surface area contributed by atoms with Crippen LogP contribution in [0.3, 0.4) is 0 Å². The third kappa shape index (κ3) is 3.96. The third-order valence-electron chi connectivity index (χ3n) is 2.90. The summed E-state index contributed by atoms with van der Waals surface area (Å²) in [5, 5.41) is 11.9. The summed E-state index contributed by atoms with van der Waals surface area (Å²) >= 11 is 3.26. The Morgan fingerprint density at radius 2 is 1.78 bits per heavy atom. The van der Waals surface area contributed by atoms with Crippen molar-refractivity contribution in [2.24, 2.45) is 0 Å². The molecule has 0 aliphatic rings. The Labute approximate surface area is 112 Å². The van der Waals surface area contributed by atoms with Crippen molar-refractivity contribution >= 4 is 15.9 Å². The minimum Gasteiger partial charge on any atom is -0.394 e. The van der Waals surface area contributed by atoms with E-state index in [9.17, 15) is 18.3 Å². The van der Waals surface area contributed by atoms with Crippen LogP contribution in [-0.4, -0.2) is 24.4 Å². The molecule has 0 saturated carbocycles. The van der Waals surface area contributed by atoms with Crippen molar-refractivity contribution in [1.82, 2.24) is 5.32 Å². The molecule has 0 amide bonds. The van der Waals surface area contributed by atoms with Crippen LogP contribution in [0.15, 0.2) is 28.7 Å². The second-order valence-electron chi connectivity index (χ2n) is 4.07. The van der Waals surface area contributed by atoms with E-state index < -0.39 is 18.3 Å². The lowest BCUT2D eigenvalue weighted by Crippen LogP contribution is -2.48. The zero-order valence-corrected chi connectivity index (χ0v) is 11.5. The molecule has 0 fully saturated rings. The standard InChI is InChI=1S/C12H15BrF3NO/c1-2-11(8-18,17-7-12(14,15)16)9-3-5-10(13)6-4-9/h3-6,17-18H,2,7-8H2,1H3. The summed E-state index contributed by atoms with van der Waals surface area (Å²) in [7, 11) is 0. The maximum absolute atomic E-state index is 12.3. The molecule has 0 aromatic heterocycles. The molecule has 1 rings (SSSR count). The van der Waals surface area contributed by atoms with E-state index in [0.717, 1.165) is 4.47 Å². The van der Waals surface area contributed by atoms with Gasteiger partial charge in [0.15, 0.2) is 0 Å². The number of nitrogens with one attached hydrogen (secondary N) is 1. The molecule has 0 saturated heterocycles. The Bertz CT molecular complexity index is 374. The van der Waals surface area contributed by atoms with E-state index in [1.54, 1.807) is 31.2 Å². The van der Waals surface area contributed by atoms with Crippen LogP contribution < -0.4 is 5.32 Å². The topological polar surface area (TPSA) is 32.3 Å². The van der Waals surface area contributed by atoms with Gasteiger partial charge in [-0.3, -0.25) is 5.32 Å². The number of hydrogen-bond acceptors (Lipinski definition) is 2. The molecule has 0 aliphatic heterocycles. The fourth-order valence-corrected chi connectivity index (χ4v) is 1.99. The van der Waals surface area contributed by atoms with E-state index >= 15 is 0 Å². The summed E-state index contributed by atoms with van der Waals surface area (Å²) in [6.07, 6.45) is -3.94. The SMILES string of the molecule is CCC(CO)(NCC(F)(F)F)c1ccc(Br)cc1. The van der Waals surface area contributed by atoms with Gasteiger partial charge in [-0.15, -0.1) is 0 Å². The molecule has 102 valence electrons. The predicted molar refractivity (Wildman–Crippen MR) is 67.3 cm³/mol. The van der Waals surface area contributed by atoms with Crippen LogP contribution in [0.5, 0.6) is 0 Å². The van der Waals surface area contributed by atoms with E-state index in [1.807, 2.05) is 0 Å². The van der Waals surface area contributed by atoms with Crippen LogP contribution >= 0.6 is 15.9 Å². The molecule has 0 heterocycles. The molecule has 0 aliphatic carbocycles. The van der Waals surface area contributed by atoms with Gasteiger partial charge in [0.25, 0.3) is 0 Å². The molecule has 18 heavy (non-hydrogen) atoms. The first-order chi connectivity index (χ1) is 8.33. The van der Waals surface area contributed by atoms with Crippen LogP contribution in [0, 0.1) is 0 Å². The number of halogens is 4. The fourth-order valence-electron chi connectivity index (χ4n) is 1.73. The maximum atomic E-state index is 12.3. The van der Waals surface area contributed by atoms with E-state index in [4.69, 9.17) is 0 Å². The van der Waals surface area contributed by atoms with Crippen LogP contribution in [0.1, 0.15) is 18.9 Å². The van der Waals surface area contributed by atoms with Crippen LogP contribution in [0.25, 0.3) is 0 Å². The second kappa shape index (κ2) is 6.04. The number of aliphatic hydroxyl groups excluding tert-OH is 1. The first-order valence-corrected chi connectivity index (χ1v) is 6.31. The Hall–Kier alpha value is -0.590. The highest BCUT2D eigenvalue weighted by Crippen LogP contribution is 2.27. The van der Waals surface area contributed by atoms with Gasteiger partial charge in [0.2, 0.25) is 0 Å². The van der Waals surface area contributed by atoms with Crippen molar-refractivity contribution in [2.75, 3.05) is 13.2 Å². The summed E-state index contributed by atoms with van der Waals surface area (Å²) in [5.41, 5.74) is -0.420. The van der Waals surface area contributed by atoms with Gasteiger partial charge >= 0.3 is 6.18 Å². The average Bonchev–Trinajstić information content (AvgIpc) is 2.32. The monoisotopic (exact) mass is 325 g/mol. The van der Waals surface area contributed by atoms with Gasteiger partial charge in [-0.05, 0) is 24.1 Å². The maximum Gasteiger partial charge on any atom is 0.401 e. The predicted octanol–water partition coefficient (Wildman–Crippen LogP) is 3.20. The average molecular weight is 326 g/mol. The van der Waals surface area contributed by atoms with Crippen molar-refractivity contribution < 1.29 is 18.3 Å². The molecule has 0 bridgehead atoms. The lowest BCUT2D eigenvalue weighted by Gasteiger charge is -2.33. The number of alkyl halides is 3. The third-order valence-corrected chi connectivity index (χ3v) is 3.43. The molecular formula is C12H15BrF3NO. The van der Waals surface area contributed by atoms with Gasteiger partial charge in [-0.2, -0.15) is 13.2 Å². The van der Waals surface area contributed by atoms with Crippen molar-refractivity contribution in [3.05, 3.63) is 34.3 Å². The number of hydrogen-bond donors (Lipinski definition) is 2. The molecule has 6 heteroatoms. The van der Waals surface area contributed by atoms with Gasteiger partial charge < -0.3 is 5.11 Å². The molecule has 1 aromatic rings. The fraction of sp³-hybridized carbons (Fsp3) is 0.500. The van der Waals surface area contributed by atoms with Crippen LogP contribution in [0.2, 0.25) is 0 Å². The Kier molecular flexibility index (Phi) is 5.19. The van der Waals surface area contributed by atoms with Gasteiger partial charge in [-0.25, -0.2) is 0 Å². The van der Waals surface area contributed by atoms with E-state index in [2.05, 4.69) is 21.2 Å². The van der Waals surface area contributed by atoms with E-state index in [1.165, 1.54) is 0 Å². The highest BCUT2D eigenvalue weighted by Gasteiger charge is 2.35. The van der Waals surface area contributed by atoms with Crippen molar-refractivity contribution in [2.45, 2.75) is 25.1 Å². The molecule has 1 aromatic carbocycles. The number of rotatable bonds is 5. The molecule has 2 N–H and O–H groups in total. The second-order valence-corrected chi connectivity index (χ2v) is 4.99.